The molecule has 3 aromatic rings. The molecule has 6 heteroatoms. The van der Waals surface area contributed by atoms with Gasteiger partial charge in [-0.05, 0) is 30.2 Å². The van der Waals surface area contributed by atoms with Crippen molar-refractivity contribution in [1.82, 2.24) is 14.5 Å². The smallest absolute Gasteiger partial charge is 0.242 e. The number of rotatable bonds is 3. The summed E-state index contributed by atoms with van der Waals surface area (Å²) in [6.07, 6.45) is 3.88. The monoisotopic (exact) mass is 327 g/mol. The summed E-state index contributed by atoms with van der Waals surface area (Å²) >= 11 is 0. The molecule has 4 rings (SSSR count). The normalized spacial score (nSPS) is 14.0. The van der Waals surface area contributed by atoms with Crippen LogP contribution in [0.25, 0.3) is 22.2 Å². The van der Waals surface area contributed by atoms with Crippen molar-refractivity contribution in [2.75, 3.05) is 13.1 Å². The molecule has 0 radical (unpaired) electrons. The highest BCUT2D eigenvalue weighted by molar-refractivity contribution is 5.84. The Balaban J connectivity index is 1.72. The Morgan fingerprint density at radius 1 is 1.12 bits per heavy atom. The molecule has 0 saturated carbocycles. The Labute approximate surface area is 137 Å². The van der Waals surface area contributed by atoms with Gasteiger partial charge in [0, 0.05) is 31.0 Å². The molecule has 0 N–H and O–H groups in total. The van der Waals surface area contributed by atoms with Gasteiger partial charge in [-0.15, -0.1) is 0 Å². The van der Waals surface area contributed by atoms with E-state index in [1.165, 1.54) is 18.3 Å². The van der Waals surface area contributed by atoms with Crippen molar-refractivity contribution in [3.8, 4) is 11.1 Å². The number of likely N-dealkylation sites (tertiary alicyclic amines) is 1. The SMILES string of the molecule is O=C(Cn1cc(F)c2ncc(-c3ccc(F)cc3)cc21)N1CCC1. The van der Waals surface area contributed by atoms with Gasteiger partial charge in [0.15, 0.2) is 5.82 Å². The first-order valence-corrected chi connectivity index (χ1v) is 7.80. The van der Waals surface area contributed by atoms with Crippen LogP contribution >= 0.6 is 0 Å². The highest BCUT2D eigenvalue weighted by Gasteiger charge is 2.21. The molecular formula is C18H15F2N3O. The van der Waals surface area contributed by atoms with E-state index in [0.717, 1.165) is 30.6 Å². The number of benzene rings is 1. The van der Waals surface area contributed by atoms with E-state index in [2.05, 4.69) is 4.98 Å². The number of carbonyl (C=O) groups is 1. The zero-order valence-corrected chi connectivity index (χ0v) is 12.9. The van der Waals surface area contributed by atoms with Crippen molar-refractivity contribution in [3.05, 3.63) is 54.4 Å². The van der Waals surface area contributed by atoms with Crippen molar-refractivity contribution >= 4 is 16.9 Å². The van der Waals surface area contributed by atoms with E-state index in [-0.39, 0.29) is 23.8 Å². The molecule has 0 atom stereocenters. The van der Waals surface area contributed by atoms with Crippen LogP contribution in [0.5, 0.6) is 0 Å². The Morgan fingerprint density at radius 3 is 2.54 bits per heavy atom. The summed E-state index contributed by atoms with van der Waals surface area (Å²) < 4.78 is 28.7. The highest BCUT2D eigenvalue weighted by atomic mass is 19.1. The lowest BCUT2D eigenvalue weighted by molar-refractivity contribution is -0.135. The fraction of sp³-hybridized carbons (Fsp3) is 0.222. The van der Waals surface area contributed by atoms with E-state index < -0.39 is 5.82 Å². The van der Waals surface area contributed by atoms with Crippen LogP contribution in [0.15, 0.2) is 42.7 Å². The largest absolute Gasteiger partial charge is 0.341 e. The van der Waals surface area contributed by atoms with Gasteiger partial charge in [0.05, 0.1) is 5.52 Å². The summed E-state index contributed by atoms with van der Waals surface area (Å²) in [6, 6.07) is 7.81. The van der Waals surface area contributed by atoms with Gasteiger partial charge >= 0.3 is 0 Å². The first-order chi connectivity index (χ1) is 11.6. The average Bonchev–Trinajstić information content (AvgIpc) is 2.82. The maximum absolute atomic E-state index is 14.1. The molecular weight excluding hydrogens is 312 g/mol. The molecule has 3 heterocycles. The minimum absolute atomic E-state index is 0.0228. The minimum atomic E-state index is -0.452. The fourth-order valence-corrected chi connectivity index (χ4v) is 2.87. The number of halogens is 2. The zero-order valence-electron chi connectivity index (χ0n) is 12.9. The second kappa shape index (κ2) is 5.70. The molecule has 2 aromatic heterocycles. The van der Waals surface area contributed by atoms with Crippen LogP contribution in [0.2, 0.25) is 0 Å². The molecule has 1 aliphatic heterocycles. The second-order valence-corrected chi connectivity index (χ2v) is 5.94. The summed E-state index contributed by atoms with van der Waals surface area (Å²) in [6.45, 7) is 1.62. The molecule has 122 valence electrons. The van der Waals surface area contributed by atoms with Crippen LogP contribution in [0.1, 0.15) is 6.42 Å². The Hall–Kier alpha value is -2.76. The maximum Gasteiger partial charge on any atom is 0.242 e. The van der Waals surface area contributed by atoms with Gasteiger partial charge in [0.25, 0.3) is 0 Å². The average molecular weight is 327 g/mol. The molecule has 1 aromatic carbocycles. The quantitative estimate of drug-likeness (QED) is 0.741. The highest BCUT2D eigenvalue weighted by Crippen LogP contribution is 2.25. The van der Waals surface area contributed by atoms with Gasteiger partial charge in [-0.25, -0.2) is 8.78 Å². The molecule has 1 aliphatic rings. The van der Waals surface area contributed by atoms with Crippen LogP contribution in [0.4, 0.5) is 8.78 Å². The number of carbonyl (C=O) groups excluding carboxylic acids is 1. The molecule has 4 nitrogen and oxygen atoms in total. The maximum atomic E-state index is 14.1. The van der Waals surface area contributed by atoms with Crippen LogP contribution in [-0.4, -0.2) is 33.4 Å². The number of aromatic nitrogens is 2. The van der Waals surface area contributed by atoms with Gasteiger partial charge in [0.1, 0.15) is 17.9 Å². The number of amides is 1. The van der Waals surface area contributed by atoms with Crippen molar-refractivity contribution in [1.29, 1.82) is 0 Å². The molecule has 0 bridgehead atoms. The Bertz CT molecular complexity index is 914. The van der Waals surface area contributed by atoms with E-state index in [9.17, 15) is 13.6 Å². The van der Waals surface area contributed by atoms with Crippen molar-refractivity contribution in [2.45, 2.75) is 13.0 Å². The lowest BCUT2D eigenvalue weighted by atomic mass is 10.1. The van der Waals surface area contributed by atoms with Crippen LogP contribution in [0.3, 0.4) is 0 Å². The van der Waals surface area contributed by atoms with E-state index in [1.807, 2.05) is 0 Å². The summed E-state index contributed by atoms with van der Waals surface area (Å²) in [7, 11) is 0. The van der Waals surface area contributed by atoms with Crippen LogP contribution < -0.4 is 0 Å². The van der Waals surface area contributed by atoms with E-state index in [1.54, 1.807) is 33.9 Å². The number of hydrogen-bond acceptors (Lipinski definition) is 2. The predicted molar refractivity (Wildman–Crippen MR) is 86.3 cm³/mol. The molecule has 24 heavy (non-hydrogen) atoms. The molecule has 0 aliphatic carbocycles. The van der Waals surface area contributed by atoms with Crippen molar-refractivity contribution in [2.24, 2.45) is 0 Å². The first-order valence-electron chi connectivity index (χ1n) is 7.80. The Kier molecular flexibility index (Phi) is 3.52. The lowest BCUT2D eigenvalue weighted by Crippen LogP contribution is -2.43. The third-order valence-electron chi connectivity index (χ3n) is 4.36. The van der Waals surface area contributed by atoms with Crippen molar-refractivity contribution in [3.63, 3.8) is 0 Å². The number of hydrogen-bond donors (Lipinski definition) is 0. The van der Waals surface area contributed by atoms with Gasteiger partial charge in [-0.3, -0.25) is 9.78 Å². The topological polar surface area (TPSA) is 38.1 Å². The fourth-order valence-electron chi connectivity index (χ4n) is 2.87. The summed E-state index contributed by atoms with van der Waals surface area (Å²) in [5.74, 6) is -0.792. The van der Waals surface area contributed by atoms with Crippen LogP contribution in [0, 0.1) is 11.6 Å². The molecule has 1 fully saturated rings. The summed E-state index contributed by atoms with van der Waals surface area (Å²) in [4.78, 5) is 18.1. The first kappa shape index (κ1) is 14.8. The number of pyridine rings is 1. The molecule has 1 saturated heterocycles. The van der Waals surface area contributed by atoms with Gasteiger partial charge in [-0.1, -0.05) is 12.1 Å². The van der Waals surface area contributed by atoms with E-state index >= 15 is 0 Å². The second-order valence-electron chi connectivity index (χ2n) is 5.94. The standard InChI is InChI=1S/C18H15F2N3O/c19-14-4-2-12(3-5-14)13-8-16-18(21-9-13)15(20)10-23(16)11-17(24)22-6-1-7-22/h2-5,8-10H,1,6-7,11H2. The number of nitrogens with zero attached hydrogens (tertiary/aromatic N) is 3. The zero-order chi connectivity index (χ0) is 16.7. The predicted octanol–water partition coefficient (Wildman–Crippen LogP) is 3.21. The third-order valence-corrected chi connectivity index (χ3v) is 4.36. The van der Waals surface area contributed by atoms with Gasteiger partial charge in [-0.2, -0.15) is 0 Å². The minimum Gasteiger partial charge on any atom is -0.341 e. The van der Waals surface area contributed by atoms with Crippen LogP contribution in [-0.2, 0) is 11.3 Å². The van der Waals surface area contributed by atoms with Gasteiger partial charge in [0.2, 0.25) is 5.91 Å². The molecule has 1 amide bonds. The summed E-state index contributed by atoms with van der Waals surface area (Å²) in [5, 5.41) is 0. The number of fused-ring (bicyclic) bond motifs is 1. The lowest BCUT2D eigenvalue weighted by Gasteiger charge is -2.31. The van der Waals surface area contributed by atoms with Gasteiger partial charge < -0.3 is 9.47 Å². The Morgan fingerprint density at radius 2 is 1.88 bits per heavy atom. The van der Waals surface area contributed by atoms with E-state index in [4.69, 9.17) is 0 Å². The molecule has 0 unspecified atom stereocenters. The third kappa shape index (κ3) is 2.54. The summed E-state index contributed by atoms with van der Waals surface area (Å²) in [5.41, 5.74) is 2.33. The van der Waals surface area contributed by atoms with Crippen molar-refractivity contribution < 1.29 is 13.6 Å². The van der Waals surface area contributed by atoms with E-state index in [0.29, 0.717) is 5.52 Å². The molecule has 0 spiro atoms.